The van der Waals surface area contributed by atoms with Gasteiger partial charge >= 0.3 is 0 Å². The van der Waals surface area contributed by atoms with Crippen LogP contribution >= 0.6 is 0 Å². The molecule has 0 unspecified atom stereocenters. The van der Waals surface area contributed by atoms with E-state index < -0.39 is 0 Å². The first kappa shape index (κ1) is 19.5. The van der Waals surface area contributed by atoms with Gasteiger partial charge in [-0.25, -0.2) is 0 Å². The molecule has 0 aliphatic heterocycles. The van der Waals surface area contributed by atoms with Crippen molar-refractivity contribution < 1.29 is 0 Å². The van der Waals surface area contributed by atoms with Crippen molar-refractivity contribution in [2.45, 2.75) is 40.0 Å². The highest BCUT2D eigenvalue weighted by Gasteiger charge is 2.52. The van der Waals surface area contributed by atoms with E-state index in [2.05, 4.69) is 108 Å². The van der Waals surface area contributed by atoms with Crippen molar-refractivity contribution in [3.05, 3.63) is 119 Å². The molecule has 146 valence electrons. The molecule has 0 heteroatoms. The van der Waals surface area contributed by atoms with Crippen LogP contribution in [-0.2, 0) is 5.41 Å². The molecule has 0 atom stereocenters. The molecule has 0 radical (unpaired) electrons. The minimum Gasteiger partial charge on any atom is -0.0987 e. The van der Waals surface area contributed by atoms with Crippen LogP contribution < -0.4 is 0 Å². The summed E-state index contributed by atoms with van der Waals surface area (Å²) in [6.07, 6.45) is 6.68. The maximum Gasteiger partial charge on any atom is 0.0721 e. The van der Waals surface area contributed by atoms with Crippen LogP contribution in [0, 0.1) is 5.41 Å². The average molecular weight is 379 g/mol. The van der Waals surface area contributed by atoms with Gasteiger partial charge < -0.3 is 0 Å². The van der Waals surface area contributed by atoms with Gasteiger partial charge in [-0.1, -0.05) is 101 Å². The highest BCUT2D eigenvalue weighted by atomic mass is 14.5. The standard InChI is InChI=1S/C29H30/c1-8-21(28(5,6)7)18-27-20(4)19(3)24(9-2)29(27)25-16-12-10-14-22(25)23-15-11-13-17-26(23)29/h8-18H,2,4H2,1,3,5-7H3/b21-8+,27-18+. The lowest BCUT2D eigenvalue weighted by molar-refractivity contribution is 0.514. The van der Waals surface area contributed by atoms with Crippen molar-refractivity contribution in [3.8, 4) is 11.1 Å². The van der Waals surface area contributed by atoms with E-state index in [-0.39, 0.29) is 10.8 Å². The van der Waals surface area contributed by atoms with Gasteiger partial charge in [0.1, 0.15) is 0 Å². The first-order chi connectivity index (χ1) is 13.8. The highest BCUT2D eigenvalue weighted by molar-refractivity contribution is 5.90. The molecule has 0 nitrogen and oxygen atoms in total. The number of benzene rings is 2. The summed E-state index contributed by atoms with van der Waals surface area (Å²) in [6, 6.07) is 17.6. The maximum atomic E-state index is 4.55. The molecule has 0 saturated carbocycles. The van der Waals surface area contributed by atoms with Gasteiger partial charge in [0, 0.05) is 0 Å². The Bertz CT molecular complexity index is 1080. The summed E-state index contributed by atoms with van der Waals surface area (Å²) in [5, 5.41) is 0. The molecule has 2 aliphatic carbocycles. The predicted octanol–water partition coefficient (Wildman–Crippen LogP) is 7.94. The third-order valence-electron chi connectivity index (χ3n) is 6.62. The molecule has 2 aliphatic rings. The van der Waals surface area contributed by atoms with Crippen LogP contribution in [0.5, 0.6) is 0 Å². The molecule has 4 rings (SSSR count). The minimum atomic E-state index is -0.338. The SMILES string of the molecule is C=CC1=C(C)C(=C)/C(=C\C(=C/C)C(C)(C)C)C12c1ccccc1-c1ccccc12. The summed E-state index contributed by atoms with van der Waals surface area (Å²) in [4.78, 5) is 0. The Morgan fingerprint density at radius 3 is 1.90 bits per heavy atom. The average Bonchev–Trinajstić information content (AvgIpc) is 3.10. The molecule has 0 bridgehead atoms. The van der Waals surface area contributed by atoms with E-state index in [4.69, 9.17) is 0 Å². The van der Waals surface area contributed by atoms with Gasteiger partial charge in [-0.2, -0.15) is 0 Å². The summed E-state index contributed by atoms with van der Waals surface area (Å²) in [5.74, 6) is 0. The van der Waals surface area contributed by atoms with E-state index in [1.165, 1.54) is 44.5 Å². The van der Waals surface area contributed by atoms with Crippen LogP contribution in [0.2, 0.25) is 0 Å². The molecule has 2 aromatic rings. The minimum absolute atomic E-state index is 0.0612. The summed E-state index contributed by atoms with van der Waals surface area (Å²) in [5.41, 5.74) is 11.3. The monoisotopic (exact) mass is 378 g/mol. The predicted molar refractivity (Wildman–Crippen MR) is 126 cm³/mol. The Hall–Kier alpha value is -2.86. The first-order valence-electron chi connectivity index (χ1n) is 10.4. The summed E-state index contributed by atoms with van der Waals surface area (Å²) >= 11 is 0. The van der Waals surface area contributed by atoms with Gasteiger partial charge in [-0.15, -0.1) is 0 Å². The van der Waals surface area contributed by atoms with Crippen molar-refractivity contribution in [2.24, 2.45) is 5.41 Å². The molecule has 29 heavy (non-hydrogen) atoms. The molecule has 2 aromatic carbocycles. The van der Waals surface area contributed by atoms with E-state index in [9.17, 15) is 0 Å². The maximum absolute atomic E-state index is 4.55. The number of allylic oxidation sites excluding steroid dienone is 8. The quantitative estimate of drug-likeness (QED) is 0.497. The lowest BCUT2D eigenvalue weighted by atomic mass is 9.68. The van der Waals surface area contributed by atoms with Gasteiger partial charge in [0.2, 0.25) is 0 Å². The van der Waals surface area contributed by atoms with Crippen LogP contribution in [0.15, 0.2) is 108 Å². The molecule has 0 fully saturated rings. The number of hydrogen-bond acceptors (Lipinski definition) is 0. The third kappa shape index (κ3) is 2.52. The topological polar surface area (TPSA) is 0 Å². The molecule has 0 N–H and O–H groups in total. The normalized spacial score (nSPS) is 19.1. The molecule has 1 spiro atoms. The smallest absolute Gasteiger partial charge is 0.0721 e. The van der Waals surface area contributed by atoms with Gasteiger partial charge in [-0.05, 0) is 69.4 Å². The fourth-order valence-corrected chi connectivity index (χ4v) is 5.22. The second-order valence-electron chi connectivity index (χ2n) is 9.11. The first-order valence-corrected chi connectivity index (χ1v) is 10.4. The fraction of sp³-hybridized carbons (Fsp3) is 0.241. The Balaban J connectivity index is 2.16. The number of hydrogen-bond donors (Lipinski definition) is 0. The third-order valence-corrected chi connectivity index (χ3v) is 6.62. The van der Waals surface area contributed by atoms with Gasteiger partial charge in [0.25, 0.3) is 0 Å². The van der Waals surface area contributed by atoms with Crippen molar-refractivity contribution in [1.29, 1.82) is 0 Å². The van der Waals surface area contributed by atoms with Crippen LogP contribution in [0.4, 0.5) is 0 Å². The van der Waals surface area contributed by atoms with Crippen molar-refractivity contribution in [2.75, 3.05) is 0 Å². The Morgan fingerprint density at radius 1 is 0.931 bits per heavy atom. The Morgan fingerprint density at radius 2 is 1.45 bits per heavy atom. The zero-order valence-corrected chi connectivity index (χ0v) is 18.3. The van der Waals surface area contributed by atoms with E-state index in [0.717, 1.165) is 5.57 Å². The summed E-state index contributed by atoms with van der Waals surface area (Å²) in [7, 11) is 0. The van der Waals surface area contributed by atoms with E-state index in [0.29, 0.717) is 0 Å². The van der Waals surface area contributed by atoms with Crippen LogP contribution in [0.25, 0.3) is 11.1 Å². The van der Waals surface area contributed by atoms with E-state index in [1.54, 1.807) is 0 Å². The lowest BCUT2D eigenvalue weighted by Crippen LogP contribution is -2.27. The fourth-order valence-electron chi connectivity index (χ4n) is 5.22. The molecule has 0 amide bonds. The van der Waals surface area contributed by atoms with Crippen molar-refractivity contribution in [1.82, 2.24) is 0 Å². The lowest BCUT2D eigenvalue weighted by Gasteiger charge is -2.33. The zero-order valence-electron chi connectivity index (χ0n) is 18.3. The zero-order chi connectivity index (χ0) is 21.0. The van der Waals surface area contributed by atoms with E-state index >= 15 is 0 Å². The number of fused-ring (bicyclic) bond motifs is 5. The van der Waals surface area contributed by atoms with Crippen LogP contribution in [0.1, 0.15) is 45.7 Å². The van der Waals surface area contributed by atoms with Gasteiger partial charge in [0.15, 0.2) is 0 Å². The van der Waals surface area contributed by atoms with E-state index in [1.807, 2.05) is 6.08 Å². The van der Waals surface area contributed by atoms with Gasteiger partial charge in [0.05, 0.1) is 5.41 Å². The Labute approximate surface area is 175 Å². The summed E-state index contributed by atoms with van der Waals surface area (Å²) in [6.45, 7) is 19.9. The molecular formula is C29H30. The molecule has 0 heterocycles. The molecular weight excluding hydrogens is 348 g/mol. The number of rotatable bonds is 2. The Kier molecular flexibility index (Phi) is 4.42. The second-order valence-corrected chi connectivity index (χ2v) is 9.11. The van der Waals surface area contributed by atoms with Crippen LogP contribution in [-0.4, -0.2) is 0 Å². The molecule has 0 saturated heterocycles. The largest absolute Gasteiger partial charge is 0.0987 e. The summed E-state index contributed by atoms with van der Waals surface area (Å²) < 4.78 is 0. The van der Waals surface area contributed by atoms with Crippen molar-refractivity contribution >= 4 is 0 Å². The van der Waals surface area contributed by atoms with Crippen molar-refractivity contribution in [3.63, 3.8) is 0 Å². The second kappa shape index (κ2) is 6.59. The molecule has 0 aromatic heterocycles. The highest BCUT2D eigenvalue weighted by Crippen LogP contribution is 2.63. The van der Waals surface area contributed by atoms with Gasteiger partial charge in [-0.3, -0.25) is 0 Å². The van der Waals surface area contributed by atoms with Crippen LogP contribution in [0.3, 0.4) is 0 Å².